The highest BCUT2D eigenvalue weighted by molar-refractivity contribution is 9.09. The molecule has 0 spiro atoms. The number of carbonyl (C=O) groups is 2. The molecule has 0 aliphatic rings. The fourth-order valence-electron chi connectivity index (χ4n) is 1.33. The quantitative estimate of drug-likeness (QED) is 0.660. The molecule has 0 aliphatic heterocycles. The fourth-order valence-corrected chi connectivity index (χ4v) is 1.69. The van der Waals surface area contributed by atoms with Gasteiger partial charge in [0.15, 0.2) is 5.78 Å². The summed E-state index contributed by atoms with van der Waals surface area (Å²) in [4.78, 5) is 22.2. The summed E-state index contributed by atoms with van der Waals surface area (Å²) in [6, 6.07) is 6.83. The molecule has 0 aliphatic carbocycles. The Morgan fingerprint density at radius 2 is 1.93 bits per heavy atom. The van der Waals surface area contributed by atoms with Crippen molar-refractivity contribution in [3.63, 3.8) is 0 Å². The molecule has 0 amide bonds. The van der Waals surface area contributed by atoms with Crippen molar-refractivity contribution in [2.45, 2.75) is 12.8 Å². The third kappa shape index (κ3) is 3.47. The normalized spacial score (nSPS) is 9.93. The van der Waals surface area contributed by atoms with Gasteiger partial charge in [0.2, 0.25) is 0 Å². The second-order valence-electron chi connectivity index (χ2n) is 3.09. The number of carboxylic acids is 1. The molecule has 0 saturated carbocycles. The van der Waals surface area contributed by atoms with Crippen molar-refractivity contribution in [1.82, 2.24) is 0 Å². The number of benzene rings is 1. The van der Waals surface area contributed by atoms with E-state index in [4.69, 9.17) is 5.11 Å². The molecule has 0 atom stereocenters. The van der Waals surface area contributed by atoms with Gasteiger partial charge in [-0.15, -0.1) is 0 Å². The molecular formula is C11H11BrO3. The molecule has 0 unspecified atom stereocenters. The molecular weight excluding hydrogens is 260 g/mol. The van der Waals surface area contributed by atoms with Gasteiger partial charge in [0, 0.05) is 17.3 Å². The predicted molar refractivity (Wildman–Crippen MR) is 60.5 cm³/mol. The molecule has 0 radical (unpaired) electrons. The Balaban J connectivity index is 2.95. The van der Waals surface area contributed by atoms with Crippen molar-refractivity contribution in [1.29, 1.82) is 0 Å². The number of Topliss-reactive ketones (excluding diaryl/α,β-unsaturated/α-hetero) is 1. The van der Waals surface area contributed by atoms with E-state index in [2.05, 4.69) is 15.9 Å². The number of hydrogen-bond acceptors (Lipinski definition) is 2. The molecule has 80 valence electrons. The summed E-state index contributed by atoms with van der Waals surface area (Å²) >= 11 is 3.19. The lowest BCUT2D eigenvalue weighted by Crippen LogP contribution is -2.08. The van der Waals surface area contributed by atoms with Crippen molar-refractivity contribution in [2.24, 2.45) is 0 Å². The summed E-state index contributed by atoms with van der Waals surface area (Å²) in [6.07, 6.45) is 0.279. The van der Waals surface area contributed by atoms with Crippen LogP contribution in [0.2, 0.25) is 0 Å². The van der Waals surface area contributed by atoms with Gasteiger partial charge in [-0.3, -0.25) is 9.59 Å². The first-order valence-electron chi connectivity index (χ1n) is 4.54. The maximum atomic E-state index is 11.6. The number of carbonyl (C=O) groups excluding carboxylic acids is 1. The first-order valence-corrected chi connectivity index (χ1v) is 5.66. The second kappa shape index (κ2) is 5.66. The van der Waals surface area contributed by atoms with Gasteiger partial charge >= 0.3 is 5.97 Å². The highest BCUT2D eigenvalue weighted by Crippen LogP contribution is 2.12. The smallest absolute Gasteiger partial charge is 0.307 e. The van der Waals surface area contributed by atoms with E-state index in [1.807, 2.05) is 0 Å². The van der Waals surface area contributed by atoms with Gasteiger partial charge in [-0.05, 0) is 5.56 Å². The molecule has 1 aromatic rings. The van der Waals surface area contributed by atoms with E-state index in [9.17, 15) is 9.59 Å². The maximum absolute atomic E-state index is 11.6. The van der Waals surface area contributed by atoms with Gasteiger partial charge in [0.05, 0.1) is 6.42 Å². The SMILES string of the molecule is O=C(O)Cc1ccccc1C(=O)CCBr. The van der Waals surface area contributed by atoms with Crippen LogP contribution in [0.15, 0.2) is 24.3 Å². The Hall–Kier alpha value is -1.16. The number of carboxylic acid groups (broad SMARTS) is 1. The molecule has 15 heavy (non-hydrogen) atoms. The average molecular weight is 271 g/mol. The van der Waals surface area contributed by atoms with Crippen molar-refractivity contribution < 1.29 is 14.7 Å². The number of hydrogen-bond donors (Lipinski definition) is 1. The molecule has 1 rings (SSSR count). The van der Waals surface area contributed by atoms with Crippen LogP contribution in [-0.2, 0) is 11.2 Å². The largest absolute Gasteiger partial charge is 0.481 e. The number of halogens is 1. The third-order valence-electron chi connectivity index (χ3n) is 1.98. The third-order valence-corrected chi connectivity index (χ3v) is 2.38. The van der Waals surface area contributed by atoms with Crippen LogP contribution in [-0.4, -0.2) is 22.2 Å². The molecule has 0 bridgehead atoms. The maximum Gasteiger partial charge on any atom is 0.307 e. The van der Waals surface area contributed by atoms with E-state index in [0.29, 0.717) is 22.9 Å². The molecule has 4 heteroatoms. The van der Waals surface area contributed by atoms with Crippen LogP contribution >= 0.6 is 15.9 Å². The van der Waals surface area contributed by atoms with E-state index < -0.39 is 5.97 Å². The molecule has 0 heterocycles. The Bertz CT molecular complexity index is 374. The fraction of sp³-hybridized carbons (Fsp3) is 0.273. The van der Waals surface area contributed by atoms with Crippen LogP contribution < -0.4 is 0 Å². The van der Waals surface area contributed by atoms with Gasteiger partial charge in [-0.25, -0.2) is 0 Å². The topological polar surface area (TPSA) is 54.4 Å². The van der Waals surface area contributed by atoms with Gasteiger partial charge in [-0.1, -0.05) is 40.2 Å². The Labute approximate surface area is 96.2 Å². The Morgan fingerprint density at radius 1 is 1.27 bits per heavy atom. The molecule has 0 saturated heterocycles. The van der Waals surface area contributed by atoms with Gasteiger partial charge in [0.1, 0.15) is 0 Å². The first-order chi connectivity index (χ1) is 7.15. The van der Waals surface area contributed by atoms with E-state index in [1.165, 1.54) is 0 Å². The van der Waals surface area contributed by atoms with Crippen molar-refractivity contribution in [2.75, 3.05) is 5.33 Å². The van der Waals surface area contributed by atoms with Crippen molar-refractivity contribution >= 4 is 27.7 Å². The summed E-state index contributed by atoms with van der Waals surface area (Å²) in [5.74, 6) is -0.946. The van der Waals surface area contributed by atoms with Crippen molar-refractivity contribution in [3.05, 3.63) is 35.4 Å². The van der Waals surface area contributed by atoms with Crippen LogP contribution in [0, 0.1) is 0 Å². The summed E-state index contributed by atoms with van der Waals surface area (Å²) in [5, 5.41) is 9.27. The molecule has 3 nitrogen and oxygen atoms in total. The van der Waals surface area contributed by atoms with Gasteiger partial charge in [0.25, 0.3) is 0 Å². The van der Waals surface area contributed by atoms with Crippen molar-refractivity contribution in [3.8, 4) is 0 Å². The molecule has 1 aromatic carbocycles. The lowest BCUT2D eigenvalue weighted by Gasteiger charge is -2.05. The van der Waals surface area contributed by atoms with E-state index in [-0.39, 0.29) is 12.2 Å². The standard InChI is InChI=1S/C11H11BrO3/c12-6-5-10(13)9-4-2-1-3-8(9)7-11(14)15/h1-4H,5-7H2,(H,14,15). The zero-order valence-corrected chi connectivity index (χ0v) is 9.66. The Morgan fingerprint density at radius 3 is 2.53 bits per heavy atom. The van der Waals surface area contributed by atoms with Crippen LogP contribution in [0.25, 0.3) is 0 Å². The summed E-state index contributed by atoms with van der Waals surface area (Å²) in [6.45, 7) is 0. The zero-order chi connectivity index (χ0) is 11.3. The lowest BCUT2D eigenvalue weighted by atomic mass is 10.00. The highest BCUT2D eigenvalue weighted by Gasteiger charge is 2.11. The van der Waals surface area contributed by atoms with Crippen LogP contribution in [0.5, 0.6) is 0 Å². The number of rotatable bonds is 5. The van der Waals surface area contributed by atoms with Gasteiger partial charge < -0.3 is 5.11 Å². The van der Waals surface area contributed by atoms with Crippen LogP contribution in [0.4, 0.5) is 0 Å². The number of ketones is 1. The Kier molecular flexibility index (Phi) is 4.49. The van der Waals surface area contributed by atoms with Crippen LogP contribution in [0.3, 0.4) is 0 Å². The highest BCUT2D eigenvalue weighted by atomic mass is 79.9. The molecule has 0 aromatic heterocycles. The minimum absolute atomic E-state index is 0.0243. The second-order valence-corrected chi connectivity index (χ2v) is 3.88. The number of alkyl halides is 1. The van der Waals surface area contributed by atoms with Crippen LogP contribution in [0.1, 0.15) is 22.3 Å². The average Bonchev–Trinajstić information content (AvgIpc) is 2.18. The zero-order valence-electron chi connectivity index (χ0n) is 8.07. The molecule has 1 N–H and O–H groups in total. The van der Waals surface area contributed by atoms with E-state index in [1.54, 1.807) is 24.3 Å². The monoisotopic (exact) mass is 270 g/mol. The summed E-state index contributed by atoms with van der Waals surface area (Å²) in [7, 11) is 0. The minimum Gasteiger partial charge on any atom is -0.481 e. The summed E-state index contributed by atoms with van der Waals surface area (Å²) in [5.41, 5.74) is 1.09. The summed E-state index contributed by atoms with van der Waals surface area (Å²) < 4.78 is 0. The van der Waals surface area contributed by atoms with E-state index >= 15 is 0 Å². The molecule has 0 fully saturated rings. The predicted octanol–water partition coefficient (Wildman–Crippen LogP) is 2.28. The minimum atomic E-state index is -0.922. The lowest BCUT2D eigenvalue weighted by molar-refractivity contribution is -0.136. The van der Waals surface area contributed by atoms with Gasteiger partial charge in [-0.2, -0.15) is 0 Å². The van der Waals surface area contributed by atoms with E-state index in [0.717, 1.165) is 0 Å². The first kappa shape index (κ1) is 11.9. The number of aliphatic carboxylic acids is 1.